The van der Waals surface area contributed by atoms with Gasteiger partial charge in [-0.3, -0.25) is 9.58 Å². The fraction of sp³-hybridized carbons (Fsp3) is 0.280. The minimum atomic E-state index is -0.340. The number of fused-ring (bicyclic) bond motifs is 1. The molecule has 0 bridgehead atoms. The average molecular weight is 470 g/mol. The van der Waals surface area contributed by atoms with Crippen molar-refractivity contribution in [1.82, 2.24) is 24.3 Å². The van der Waals surface area contributed by atoms with Crippen molar-refractivity contribution in [1.29, 1.82) is 10.5 Å². The van der Waals surface area contributed by atoms with E-state index in [0.29, 0.717) is 17.7 Å². The van der Waals surface area contributed by atoms with E-state index in [1.54, 1.807) is 16.8 Å². The predicted octanol–water partition coefficient (Wildman–Crippen LogP) is 3.72. The van der Waals surface area contributed by atoms with Crippen LogP contribution in [0.3, 0.4) is 0 Å². The SMILES string of the molecule is CC(O)CN1CCC(n2cc(-c3cc(Sc4ccccc4C#N)c4c(C#N)cnn4c3)cn2)C1. The lowest BCUT2D eigenvalue weighted by molar-refractivity contribution is 0.138. The van der Waals surface area contributed by atoms with Crippen molar-refractivity contribution < 1.29 is 5.11 Å². The van der Waals surface area contributed by atoms with Crippen LogP contribution in [0.2, 0.25) is 0 Å². The lowest BCUT2D eigenvalue weighted by atomic mass is 10.1. The van der Waals surface area contributed by atoms with Crippen molar-refractivity contribution in [2.24, 2.45) is 0 Å². The van der Waals surface area contributed by atoms with Crippen LogP contribution in [0.25, 0.3) is 16.6 Å². The van der Waals surface area contributed by atoms with Crippen LogP contribution in [0.1, 0.15) is 30.5 Å². The number of aliphatic hydroxyl groups excluding tert-OH is 1. The molecule has 34 heavy (non-hydrogen) atoms. The number of hydrogen-bond donors (Lipinski definition) is 1. The summed E-state index contributed by atoms with van der Waals surface area (Å²) in [5.41, 5.74) is 3.69. The van der Waals surface area contributed by atoms with Gasteiger partial charge in [-0.1, -0.05) is 23.9 Å². The van der Waals surface area contributed by atoms with Gasteiger partial charge in [0, 0.05) is 52.9 Å². The van der Waals surface area contributed by atoms with E-state index in [0.717, 1.165) is 45.9 Å². The Morgan fingerprint density at radius 3 is 2.71 bits per heavy atom. The molecule has 3 aromatic heterocycles. The Bertz CT molecular complexity index is 1430. The molecule has 8 nitrogen and oxygen atoms in total. The molecule has 2 atom stereocenters. The third kappa shape index (κ3) is 4.29. The minimum Gasteiger partial charge on any atom is -0.392 e. The third-order valence-corrected chi connectivity index (χ3v) is 7.11. The molecule has 0 saturated carbocycles. The van der Waals surface area contributed by atoms with Gasteiger partial charge < -0.3 is 5.11 Å². The zero-order chi connectivity index (χ0) is 23.7. The summed E-state index contributed by atoms with van der Waals surface area (Å²) in [7, 11) is 0. The van der Waals surface area contributed by atoms with Crippen molar-refractivity contribution in [3.05, 3.63) is 66.2 Å². The van der Waals surface area contributed by atoms with Crippen molar-refractivity contribution >= 4 is 17.3 Å². The van der Waals surface area contributed by atoms with E-state index < -0.39 is 0 Å². The highest BCUT2D eigenvalue weighted by Crippen LogP contribution is 2.37. The fourth-order valence-electron chi connectivity index (χ4n) is 4.42. The van der Waals surface area contributed by atoms with Crippen LogP contribution < -0.4 is 0 Å². The second-order valence-corrected chi connectivity index (χ2v) is 9.61. The number of aliphatic hydroxyl groups is 1. The first-order valence-electron chi connectivity index (χ1n) is 11.1. The highest BCUT2D eigenvalue weighted by Gasteiger charge is 2.25. The molecule has 9 heteroatoms. The average Bonchev–Trinajstić information content (AvgIpc) is 3.58. The smallest absolute Gasteiger partial charge is 0.103 e. The molecule has 1 saturated heterocycles. The van der Waals surface area contributed by atoms with Gasteiger partial charge in [-0.15, -0.1) is 0 Å². The normalized spacial score (nSPS) is 17.0. The molecule has 5 rings (SSSR count). The van der Waals surface area contributed by atoms with E-state index in [1.807, 2.05) is 54.5 Å². The highest BCUT2D eigenvalue weighted by atomic mass is 32.2. The van der Waals surface area contributed by atoms with Crippen LogP contribution in [0, 0.1) is 22.7 Å². The van der Waals surface area contributed by atoms with Crippen molar-refractivity contribution in [3.8, 4) is 23.3 Å². The van der Waals surface area contributed by atoms with Crippen molar-refractivity contribution in [2.75, 3.05) is 19.6 Å². The zero-order valence-electron chi connectivity index (χ0n) is 18.7. The number of rotatable bonds is 6. The van der Waals surface area contributed by atoms with E-state index in [4.69, 9.17) is 0 Å². The number of pyridine rings is 1. The number of benzene rings is 1. The Kier molecular flexibility index (Phi) is 6.08. The summed E-state index contributed by atoms with van der Waals surface area (Å²) < 4.78 is 3.73. The maximum absolute atomic E-state index is 9.68. The summed E-state index contributed by atoms with van der Waals surface area (Å²) in [5, 5.41) is 37.8. The van der Waals surface area contributed by atoms with E-state index in [1.165, 1.54) is 11.8 Å². The first-order valence-corrected chi connectivity index (χ1v) is 11.9. The molecule has 0 amide bonds. The van der Waals surface area contributed by atoms with Crippen LogP contribution >= 0.6 is 11.8 Å². The van der Waals surface area contributed by atoms with Gasteiger partial charge in [0.15, 0.2) is 0 Å². The molecule has 2 unspecified atom stereocenters. The Balaban J connectivity index is 1.50. The first-order chi connectivity index (χ1) is 16.6. The summed E-state index contributed by atoms with van der Waals surface area (Å²) in [4.78, 5) is 3.94. The Morgan fingerprint density at radius 2 is 1.91 bits per heavy atom. The maximum Gasteiger partial charge on any atom is 0.103 e. The molecule has 1 aromatic carbocycles. The molecular formula is C25H23N7OS. The zero-order valence-corrected chi connectivity index (χ0v) is 19.5. The molecule has 0 spiro atoms. The van der Waals surface area contributed by atoms with Gasteiger partial charge in [-0.25, -0.2) is 4.52 Å². The first kappa shape index (κ1) is 22.2. The topological polar surface area (TPSA) is 106 Å². The molecule has 0 radical (unpaired) electrons. The Labute approximate surface area is 201 Å². The Hall–Kier alpha value is -3.63. The molecule has 0 aliphatic carbocycles. The van der Waals surface area contributed by atoms with Gasteiger partial charge in [0.05, 0.1) is 41.2 Å². The molecular weight excluding hydrogens is 446 g/mol. The maximum atomic E-state index is 9.68. The van der Waals surface area contributed by atoms with Gasteiger partial charge >= 0.3 is 0 Å². The van der Waals surface area contributed by atoms with Crippen LogP contribution in [0.4, 0.5) is 0 Å². The summed E-state index contributed by atoms with van der Waals surface area (Å²) in [6, 6.07) is 14.2. The number of hydrogen-bond acceptors (Lipinski definition) is 7. The predicted molar refractivity (Wildman–Crippen MR) is 128 cm³/mol. The summed E-state index contributed by atoms with van der Waals surface area (Å²) in [6.45, 7) is 4.29. The van der Waals surface area contributed by atoms with E-state index in [9.17, 15) is 15.6 Å². The molecule has 1 aliphatic heterocycles. The van der Waals surface area contributed by atoms with Crippen molar-refractivity contribution in [2.45, 2.75) is 35.3 Å². The van der Waals surface area contributed by atoms with E-state index in [2.05, 4.69) is 27.2 Å². The molecule has 4 aromatic rings. The third-order valence-electron chi connectivity index (χ3n) is 6.00. The number of aromatic nitrogens is 4. The van der Waals surface area contributed by atoms with Gasteiger partial charge in [-0.05, 0) is 31.5 Å². The number of nitrogens with zero attached hydrogens (tertiary/aromatic N) is 7. The van der Waals surface area contributed by atoms with Gasteiger partial charge in [0.1, 0.15) is 12.1 Å². The minimum absolute atomic E-state index is 0.266. The molecule has 1 N–H and O–H groups in total. The highest BCUT2D eigenvalue weighted by molar-refractivity contribution is 7.99. The number of nitriles is 2. The number of likely N-dealkylation sites (tertiary alicyclic amines) is 1. The van der Waals surface area contributed by atoms with E-state index in [-0.39, 0.29) is 12.1 Å². The van der Waals surface area contributed by atoms with Gasteiger partial charge in [-0.2, -0.15) is 20.7 Å². The second kappa shape index (κ2) is 9.32. The Morgan fingerprint density at radius 1 is 1.09 bits per heavy atom. The summed E-state index contributed by atoms with van der Waals surface area (Å²) in [6.07, 6.45) is 8.02. The van der Waals surface area contributed by atoms with Gasteiger partial charge in [0.2, 0.25) is 0 Å². The number of β-amino-alcohol motifs (C(OH)–C–C–N with tert-alkyl or cyclic N) is 1. The lowest BCUT2D eigenvalue weighted by Crippen LogP contribution is -2.29. The van der Waals surface area contributed by atoms with Crippen LogP contribution in [0.15, 0.2) is 64.9 Å². The van der Waals surface area contributed by atoms with Crippen molar-refractivity contribution in [3.63, 3.8) is 0 Å². The quantitative estimate of drug-likeness (QED) is 0.459. The van der Waals surface area contributed by atoms with Gasteiger partial charge in [0.25, 0.3) is 0 Å². The standard InChI is InChI=1S/C25H23N7OS/c1-17(33)13-30-7-6-22(16-30)31-15-21(12-28-31)19-8-24(25-20(10-27)11-29-32(25)14-19)34-23-5-3-2-4-18(23)9-26/h2-5,8,11-12,14-15,17,22,33H,6-7,13,16H2,1H3. The summed E-state index contributed by atoms with van der Waals surface area (Å²) >= 11 is 1.46. The molecule has 170 valence electrons. The van der Waals surface area contributed by atoms with Crippen LogP contribution in [-0.2, 0) is 0 Å². The fourth-order valence-corrected chi connectivity index (χ4v) is 5.52. The van der Waals surface area contributed by atoms with Crippen LogP contribution in [0.5, 0.6) is 0 Å². The lowest BCUT2D eigenvalue weighted by Gasteiger charge is -2.17. The molecule has 4 heterocycles. The van der Waals surface area contributed by atoms with E-state index >= 15 is 0 Å². The van der Waals surface area contributed by atoms with Crippen LogP contribution in [-0.4, -0.2) is 55.1 Å². The largest absolute Gasteiger partial charge is 0.392 e. The molecule has 1 aliphatic rings. The molecule has 1 fully saturated rings. The monoisotopic (exact) mass is 469 g/mol. The summed E-state index contributed by atoms with van der Waals surface area (Å²) in [5.74, 6) is 0. The second-order valence-electron chi connectivity index (χ2n) is 8.53.